The van der Waals surface area contributed by atoms with Crippen LogP contribution in [0.1, 0.15) is 24.1 Å². The van der Waals surface area contributed by atoms with E-state index in [0.29, 0.717) is 11.3 Å². The van der Waals surface area contributed by atoms with E-state index in [4.69, 9.17) is 5.26 Å². The average Bonchev–Trinajstić information content (AvgIpc) is 2.62. The fourth-order valence-electron chi connectivity index (χ4n) is 2.84. The maximum Gasteiger partial charge on any atom is 0.227 e. The van der Waals surface area contributed by atoms with Gasteiger partial charge in [-0.25, -0.2) is 0 Å². The molecule has 1 saturated heterocycles. The molecule has 0 saturated carbocycles. The van der Waals surface area contributed by atoms with E-state index in [0.717, 1.165) is 37.4 Å². The first-order chi connectivity index (χ1) is 11.7. The summed E-state index contributed by atoms with van der Waals surface area (Å²) >= 11 is 0. The monoisotopic (exact) mass is 321 g/mol. The number of carbonyl (C=O) groups is 1. The number of hydrogen-bond acceptors (Lipinski definition) is 5. The number of amides is 1. The zero-order chi connectivity index (χ0) is 16.9. The van der Waals surface area contributed by atoms with E-state index in [1.807, 2.05) is 19.1 Å². The van der Waals surface area contributed by atoms with E-state index in [1.165, 1.54) is 0 Å². The highest BCUT2D eigenvalue weighted by atomic mass is 16.1. The van der Waals surface area contributed by atoms with E-state index < -0.39 is 0 Å². The van der Waals surface area contributed by atoms with Gasteiger partial charge in [0.25, 0.3) is 0 Å². The molecule has 122 valence electrons. The second kappa shape index (κ2) is 7.09. The predicted octanol–water partition coefficient (Wildman–Crippen LogP) is 2.51. The van der Waals surface area contributed by atoms with Crippen molar-refractivity contribution in [3.05, 3.63) is 47.7 Å². The first-order valence-corrected chi connectivity index (χ1v) is 8.02. The zero-order valence-corrected chi connectivity index (χ0v) is 13.6. The number of carbonyl (C=O) groups excluding carboxylic acids is 1. The highest BCUT2D eigenvalue weighted by molar-refractivity contribution is 5.92. The number of aryl methyl sites for hydroxylation is 1. The van der Waals surface area contributed by atoms with Crippen LogP contribution in [0, 0.1) is 24.2 Å². The molecule has 1 aliphatic rings. The van der Waals surface area contributed by atoms with Crippen LogP contribution in [0.5, 0.6) is 0 Å². The van der Waals surface area contributed by atoms with Gasteiger partial charge in [0, 0.05) is 24.7 Å². The van der Waals surface area contributed by atoms with Crippen molar-refractivity contribution in [1.82, 2.24) is 10.2 Å². The molecule has 0 bridgehead atoms. The Morgan fingerprint density at radius 3 is 2.71 bits per heavy atom. The predicted molar refractivity (Wildman–Crippen MR) is 91.5 cm³/mol. The largest absolute Gasteiger partial charge is 0.355 e. The first kappa shape index (κ1) is 15.9. The lowest BCUT2D eigenvalue weighted by atomic mass is 9.95. The Labute approximate surface area is 141 Å². The molecule has 0 radical (unpaired) electrons. The van der Waals surface area contributed by atoms with Crippen LogP contribution < -0.4 is 10.2 Å². The number of hydrogen-bond donors (Lipinski definition) is 1. The van der Waals surface area contributed by atoms with Gasteiger partial charge < -0.3 is 10.2 Å². The van der Waals surface area contributed by atoms with Crippen LogP contribution in [0.3, 0.4) is 0 Å². The Hall–Kier alpha value is -2.94. The summed E-state index contributed by atoms with van der Waals surface area (Å²) in [5.41, 5.74) is 2.11. The molecule has 24 heavy (non-hydrogen) atoms. The van der Waals surface area contributed by atoms with Crippen molar-refractivity contribution >= 4 is 17.4 Å². The van der Waals surface area contributed by atoms with Gasteiger partial charge in [-0.15, -0.1) is 5.10 Å². The summed E-state index contributed by atoms with van der Waals surface area (Å²) < 4.78 is 0. The molecule has 1 fully saturated rings. The topological polar surface area (TPSA) is 81.9 Å². The van der Waals surface area contributed by atoms with Gasteiger partial charge >= 0.3 is 0 Å². The Bertz CT molecular complexity index is 758. The lowest BCUT2D eigenvalue weighted by Crippen LogP contribution is -2.38. The smallest absolute Gasteiger partial charge is 0.227 e. The Kier molecular flexibility index (Phi) is 4.71. The fourth-order valence-corrected chi connectivity index (χ4v) is 2.84. The van der Waals surface area contributed by atoms with Crippen molar-refractivity contribution in [2.45, 2.75) is 19.8 Å². The van der Waals surface area contributed by atoms with Crippen molar-refractivity contribution in [2.75, 3.05) is 23.3 Å². The third kappa shape index (κ3) is 3.69. The van der Waals surface area contributed by atoms with E-state index >= 15 is 0 Å². The van der Waals surface area contributed by atoms with Crippen LogP contribution >= 0.6 is 0 Å². The van der Waals surface area contributed by atoms with Crippen molar-refractivity contribution in [1.29, 1.82) is 5.26 Å². The van der Waals surface area contributed by atoms with Crippen LogP contribution in [0.2, 0.25) is 0 Å². The number of nitrogens with one attached hydrogen (secondary N) is 1. The molecular weight excluding hydrogens is 302 g/mol. The van der Waals surface area contributed by atoms with Crippen LogP contribution in [-0.2, 0) is 4.79 Å². The second-order valence-electron chi connectivity index (χ2n) is 5.98. The number of rotatable bonds is 3. The Morgan fingerprint density at radius 2 is 2.04 bits per heavy atom. The number of anilines is 2. The molecule has 2 aromatic rings. The molecule has 1 N–H and O–H groups in total. The molecule has 1 aliphatic heterocycles. The van der Waals surface area contributed by atoms with Crippen molar-refractivity contribution < 1.29 is 4.79 Å². The average molecular weight is 321 g/mol. The van der Waals surface area contributed by atoms with E-state index in [1.54, 1.807) is 24.3 Å². The second-order valence-corrected chi connectivity index (χ2v) is 5.98. The van der Waals surface area contributed by atoms with Crippen molar-refractivity contribution in [3.8, 4) is 6.07 Å². The fraction of sp³-hybridized carbons (Fsp3) is 0.333. The quantitative estimate of drug-likeness (QED) is 0.939. The minimum absolute atomic E-state index is 0.0136. The van der Waals surface area contributed by atoms with Crippen molar-refractivity contribution in [2.24, 2.45) is 5.92 Å². The molecule has 1 amide bonds. The molecule has 1 aromatic heterocycles. The molecular formula is C18H19N5O. The lowest BCUT2D eigenvalue weighted by Gasteiger charge is -2.31. The molecule has 1 aromatic carbocycles. The molecule has 0 aliphatic carbocycles. The minimum Gasteiger partial charge on any atom is -0.355 e. The van der Waals surface area contributed by atoms with E-state index in [9.17, 15) is 4.79 Å². The normalized spacial score (nSPS) is 14.9. The van der Waals surface area contributed by atoms with Gasteiger partial charge in [0.1, 0.15) is 0 Å². The van der Waals surface area contributed by atoms with E-state index in [2.05, 4.69) is 26.5 Å². The molecule has 0 unspecified atom stereocenters. The minimum atomic E-state index is -0.0228. The summed E-state index contributed by atoms with van der Waals surface area (Å²) in [6.45, 7) is 3.48. The van der Waals surface area contributed by atoms with Gasteiger partial charge in [-0.1, -0.05) is 6.07 Å². The summed E-state index contributed by atoms with van der Waals surface area (Å²) in [6, 6.07) is 13.0. The van der Waals surface area contributed by atoms with Gasteiger partial charge in [-0.05, 0) is 50.1 Å². The zero-order valence-electron chi connectivity index (χ0n) is 13.6. The number of piperidine rings is 1. The van der Waals surface area contributed by atoms with Gasteiger partial charge in [0.15, 0.2) is 5.82 Å². The molecule has 2 heterocycles. The summed E-state index contributed by atoms with van der Waals surface area (Å²) in [4.78, 5) is 14.6. The SMILES string of the molecule is Cc1ccc(N2CCC(C(=O)Nc3cccc(C#N)c3)CC2)nn1. The number of benzene rings is 1. The van der Waals surface area contributed by atoms with Gasteiger partial charge in [-0.3, -0.25) is 4.79 Å². The van der Waals surface area contributed by atoms with Gasteiger partial charge in [0.05, 0.1) is 17.3 Å². The molecule has 0 spiro atoms. The Balaban J connectivity index is 1.57. The van der Waals surface area contributed by atoms with Crippen LogP contribution in [0.25, 0.3) is 0 Å². The summed E-state index contributed by atoms with van der Waals surface area (Å²) in [6.07, 6.45) is 1.55. The van der Waals surface area contributed by atoms with Crippen LogP contribution in [0.15, 0.2) is 36.4 Å². The first-order valence-electron chi connectivity index (χ1n) is 8.02. The summed E-state index contributed by atoms with van der Waals surface area (Å²) in [7, 11) is 0. The van der Waals surface area contributed by atoms with Crippen LogP contribution in [0.4, 0.5) is 11.5 Å². The summed E-state index contributed by atoms with van der Waals surface area (Å²) in [5.74, 6) is 0.853. The number of nitriles is 1. The number of aromatic nitrogens is 2. The molecule has 0 atom stereocenters. The third-order valence-corrected chi connectivity index (χ3v) is 4.23. The highest BCUT2D eigenvalue weighted by Crippen LogP contribution is 2.23. The highest BCUT2D eigenvalue weighted by Gasteiger charge is 2.25. The molecule has 6 heteroatoms. The standard InChI is InChI=1S/C18H19N5O/c1-13-5-6-17(22-21-13)23-9-7-15(8-10-23)18(24)20-16-4-2-3-14(11-16)12-19/h2-6,11,15H,7-10H2,1H3,(H,20,24). The van der Waals surface area contributed by atoms with Gasteiger partial charge in [0.2, 0.25) is 5.91 Å². The van der Waals surface area contributed by atoms with Crippen molar-refractivity contribution in [3.63, 3.8) is 0 Å². The maximum atomic E-state index is 12.4. The third-order valence-electron chi connectivity index (χ3n) is 4.23. The molecule has 3 rings (SSSR count). The van der Waals surface area contributed by atoms with Gasteiger partial charge in [-0.2, -0.15) is 10.4 Å². The maximum absolute atomic E-state index is 12.4. The number of nitrogens with zero attached hydrogens (tertiary/aromatic N) is 4. The lowest BCUT2D eigenvalue weighted by molar-refractivity contribution is -0.120. The molecule has 6 nitrogen and oxygen atoms in total. The Morgan fingerprint density at radius 1 is 1.25 bits per heavy atom. The van der Waals surface area contributed by atoms with Crippen LogP contribution in [-0.4, -0.2) is 29.2 Å². The van der Waals surface area contributed by atoms with E-state index in [-0.39, 0.29) is 11.8 Å². The summed E-state index contributed by atoms with van der Waals surface area (Å²) in [5, 5.41) is 20.1.